The van der Waals surface area contributed by atoms with Crippen molar-refractivity contribution in [3.63, 3.8) is 0 Å². The fourth-order valence-corrected chi connectivity index (χ4v) is 4.04. The molecule has 1 N–H and O–H groups in total. The van der Waals surface area contributed by atoms with Gasteiger partial charge in [0, 0.05) is 31.6 Å². The molecule has 33 heavy (non-hydrogen) atoms. The number of ether oxygens (including phenoxy) is 1. The molecule has 1 heterocycles. The molecule has 0 unspecified atom stereocenters. The number of urea groups is 1. The molecule has 2 aromatic rings. The lowest BCUT2D eigenvalue weighted by atomic mass is 9.96. The van der Waals surface area contributed by atoms with Gasteiger partial charge in [0.25, 0.3) is 5.91 Å². The highest BCUT2D eigenvalue weighted by Gasteiger charge is 2.35. The summed E-state index contributed by atoms with van der Waals surface area (Å²) in [6, 6.07) is 13.0. The zero-order valence-electron chi connectivity index (χ0n) is 19.6. The zero-order chi connectivity index (χ0) is 24.0. The molecule has 7 nitrogen and oxygen atoms in total. The predicted octanol–water partition coefficient (Wildman–Crippen LogP) is 4.31. The minimum absolute atomic E-state index is 0.111. The fraction of sp³-hybridized carbons (Fsp3) is 0.400. The number of methoxy groups -OCH3 is 1. The van der Waals surface area contributed by atoms with E-state index in [4.69, 9.17) is 21.4 Å². The van der Waals surface area contributed by atoms with E-state index in [9.17, 15) is 9.59 Å². The van der Waals surface area contributed by atoms with Crippen molar-refractivity contribution in [2.24, 2.45) is 5.10 Å². The number of hydrazone groups is 1. The summed E-state index contributed by atoms with van der Waals surface area (Å²) >= 11 is 6.50. The average Bonchev–Trinajstić information content (AvgIpc) is 3.24. The second kappa shape index (κ2) is 11.3. The average molecular weight is 471 g/mol. The summed E-state index contributed by atoms with van der Waals surface area (Å²) in [4.78, 5) is 27.4. The summed E-state index contributed by atoms with van der Waals surface area (Å²) in [6.07, 6.45) is 0.539. The van der Waals surface area contributed by atoms with Crippen LogP contribution in [0.1, 0.15) is 41.6 Å². The van der Waals surface area contributed by atoms with Gasteiger partial charge in [-0.25, -0.2) is 9.80 Å². The Morgan fingerprint density at radius 1 is 1.21 bits per heavy atom. The highest BCUT2D eigenvalue weighted by Crippen LogP contribution is 2.36. The molecule has 8 heteroatoms. The third kappa shape index (κ3) is 5.92. The first-order valence-electron chi connectivity index (χ1n) is 11.1. The van der Waals surface area contributed by atoms with E-state index in [1.54, 1.807) is 7.11 Å². The molecule has 0 aliphatic carbocycles. The van der Waals surface area contributed by atoms with Crippen LogP contribution < -0.4 is 5.32 Å². The second-order valence-corrected chi connectivity index (χ2v) is 8.48. The van der Waals surface area contributed by atoms with E-state index in [1.807, 2.05) is 37.3 Å². The number of hydrogen-bond acceptors (Lipinski definition) is 4. The van der Waals surface area contributed by atoms with Crippen molar-refractivity contribution in [2.45, 2.75) is 33.2 Å². The maximum atomic E-state index is 13.4. The van der Waals surface area contributed by atoms with Crippen molar-refractivity contribution in [1.29, 1.82) is 0 Å². The number of nitrogens with zero attached hydrogens (tertiary/aromatic N) is 3. The molecule has 3 rings (SSSR count). The van der Waals surface area contributed by atoms with Crippen LogP contribution in [-0.2, 0) is 9.53 Å². The molecule has 1 aliphatic rings. The Hall–Kier alpha value is -2.90. The van der Waals surface area contributed by atoms with Gasteiger partial charge < -0.3 is 15.0 Å². The molecular formula is C25H31ClN4O3. The van der Waals surface area contributed by atoms with Crippen LogP contribution in [0.3, 0.4) is 0 Å². The standard InChI is InChI=1S/C25H31ClN4O3/c1-5-27-25(32)29(12-13-33-4)16-24(31)30-23(20-8-6-7-9-21(20)26)15-22(28-30)19-11-10-17(2)18(3)14-19/h6-11,14,23H,5,12-13,15-16H2,1-4H3,(H,27,32)/t23-/m1/s1. The molecule has 0 spiro atoms. The fourth-order valence-electron chi connectivity index (χ4n) is 3.78. The van der Waals surface area contributed by atoms with Gasteiger partial charge in [-0.15, -0.1) is 0 Å². The minimum Gasteiger partial charge on any atom is -0.383 e. The number of hydrogen-bond donors (Lipinski definition) is 1. The van der Waals surface area contributed by atoms with Gasteiger partial charge in [-0.1, -0.05) is 41.9 Å². The monoisotopic (exact) mass is 470 g/mol. The lowest BCUT2D eigenvalue weighted by Crippen LogP contribution is -2.47. The van der Waals surface area contributed by atoms with Crippen LogP contribution in [0.25, 0.3) is 0 Å². The molecule has 0 aromatic heterocycles. The van der Waals surface area contributed by atoms with E-state index in [0.717, 1.165) is 22.4 Å². The summed E-state index contributed by atoms with van der Waals surface area (Å²) in [5.74, 6) is -0.277. The van der Waals surface area contributed by atoms with Crippen molar-refractivity contribution in [3.8, 4) is 0 Å². The number of benzene rings is 2. The van der Waals surface area contributed by atoms with Gasteiger partial charge in [0.05, 0.1) is 18.4 Å². The highest BCUT2D eigenvalue weighted by molar-refractivity contribution is 6.31. The summed E-state index contributed by atoms with van der Waals surface area (Å²) in [6.45, 7) is 6.94. The first kappa shape index (κ1) is 24.7. The Bertz CT molecular complexity index is 1040. The van der Waals surface area contributed by atoms with Gasteiger partial charge >= 0.3 is 6.03 Å². The molecular weight excluding hydrogens is 440 g/mol. The quantitative estimate of drug-likeness (QED) is 0.624. The van der Waals surface area contributed by atoms with E-state index in [-0.39, 0.29) is 24.5 Å². The van der Waals surface area contributed by atoms with Crippen molar-refractivity contribution in [1.82, 2.24) is 15.2 Å². The van der Waals surface area contributed by atoms with Crippen molar-refractivity contribution in [2.75, 3.05) is 33.4 Å². The molecule has 3 amide bonds. The van der Waals surface area contributed by atoms with E-state index in [1.165, 1.54) is 15.5 Å². The van der Waals surface area contributed by atoms with Crippen LogP contribution in [0.15, 0.2) is 47.6 Å². The van der Waals surface area contributed by atoms with E-state index in [2.05, 4.69) is 31.3 Å². The predicted molar refractivity (Wildman–Crippen MR) is 131 cm³/mol. The SMILES string of the molecule is CCNC(=O)N(CCOC)CC(=O)N1N=C(c2ccc(C)c(C)c2)C[C@@H]1c1ccccc1Cl. The Labute approximate surface area is 200 Å². The molecule has 0 radical (unpaired) electrons. The second-order valence-electron chi connectivity index (χ2n) is 8.08. The maximum Gasteiger partial charge on any atom is 0.317 e. The van der Waals surface area contributed by atoms with Gasteiger partial charge in [-0.05, 0) is 55.2 Å². The van der Waals surface area contributed by atoms with E-state index in [0.29, 0.717) is 31.1 Å². The summed E-state index contributed by atoms with van der Waals surface area (Å²) < 4.78 is 5.12. The van der Waals surface area contributed by atoms with E-state index >= 15 is 0 Å². The van der Waals surface area contributed by atoms with Crippen LogP contribution in [0.5, 0.6) is 0 Å². The summed E-state index contributed by atoms with van der Waals surface area (Å²) in [5.41, 5.74) is 4.99. The lowest BCUT2D eigenvalue weighted by Gasteiger charge is -2.27. The molecule has 0 bridgehead atoms. The molecule has 1 aliphatic heterocycles. The Kier molecular flexibility index (Phi) is 8.47. The van der Waals surface area contributed by atoms with Gasteiger partial charge in [-0.2, -0.15) is 5.10 Å². The molecule has 0 saturated carbocycles. The first-order chi connectivity index (χ1) is 15.8. The first-order valence-corrected chi connectivity index (χ1v) is 11.5. The number of aryl methyl sites for hydroxylation is 2. The smallest absolute Gasteiger partial charge is 0.317 e. The molecule has 0 saturated heterocycles. The number of halogens is 1. The third-order valence-electron chi connectivity index (χ3n) is 5.78. The summed E-state index contributed by atoms with van der Waals surface area (Å²) in [7, 11) is 1.56. The number of nitrogens with one attached hydrogen (secondary N) is 1. The Morgan fingerprint density at radius 3 is 2.64 bits per heavy atom. The molecule has 0 fully saturated rings. The Morgan fingerprint density at radius 2 is 1.97 bits per heavy atom. The van der Waals surface area contributed by atoms with E-state index < -0.39 is 0 Å². The maximum absolute atomic E-state index is 13.4. The third-order valence-corrected chi connectivity index (χ3v) is 6.12. The topological polar surface area (TPSA) is 74.2 Å². The van der Waals surface area contributed by atoms with Crippen molar-refractivity contribution in [3.05, 3.63) is 69.7 Å². The molecule has 1 atom stereocenters. The molecule has 176 valence electrons. The number of carbonyl (C=O) groups is 2. The van der Waals surface area contributed by atoms with Crippen molar-refractivity contribution < 1.29 is 14.3 Å². The zero-order valence-corrected chi connectivity index (χ0v) is 20.4. The van der Waals surface area contributed by atoms with Gasteiger partial charge in [-0.3, -0.25) is 4.79 Å². The summed E-state index contributed by atoms with van der Waals surface area (Å²) in [5, 5.41) is 9.53. The Balaban J connectivity index is 1.93. The van der Waals surface area contributed by atoms with Crippen molar-refractivity contribution >= 4 is 29.3 Å². The number of carbonyl (C=O) groups excluding carboxylic acids is 2. The van der Waals surface area contributed by atoms with Gasteiger partial charge in [0.2, 0.25) is 0 Å². The van der Waals surface area contributed by atoms with Gasteiger partial charge in [0.15, 0.2) is 0 Å². The number of rotatable bonds is 8. The van der Waals surface area contributed by atoms with Gasteiger partial charge in [0.1, 0.15) is 6.54 Å². The largest absolute Gasteiger partial charge is 0.383 e. The van der Waals surface area contributed by atoms with Crippen LogP contribution in [0, 0.1) is 13.8 Å². The van der Waals surface area contributed by atoms with Crippen LogP contribution >= 0.6 is 11.6 Å². The van der Waals surface area contributed by atoms with Crippen LogP contribution in [0.2, 0.25) is 5.02 Å². The minimum atomic E-state index is -0.346. The van der Waals surface area contributed by atoms with Crippen LogP contribution in [-0.4, -0.2) is 60.9 Å². The van der Waals surface area contributed by atoms with Crippen LogP contribution in [0.4, 0.5) is 4.79 Å². The lowest BCUT2D eigenvalue weighted by molar-refractivity contribution is -0.133. The highest BCUT2D eigenvalue weighted by atomic mass is 35.5. The number of amides is 3. The molecule has 2 aromatic carbocycles. The normalized spacial score (nSPS) is 15.4.